The summed E-state index contributed by atoms with van der Waals surface area (Å²) in [7, 11) is -2.99. The van der Waals surface area contributed by atoms with E-state index in [1.54, 1.807) is 0 Å². The Morgan fingerprint density at radius 3 is 2.58 bits per heavy atom. The average Bonchev–Trinajstić information content (AvgIpc) is 2.35. The molecular formula is C12H14FNO4S. The Morgan fingerprint density at radius 1 is 1.32 bits per heavy atom. The first-order valence-corrected chi connectivity index (χ1v) is 7.69. The van der Waals surface area contributed by atoms with E-state index in [1.165, 1.54) is 0 Å². The van der Waals surface area contributed by atoms with Crippen LogP contribution in [0.25, 0.3) is 0 Å². The highest BCUT2D eigenvalue weighted by Gasteiger charge is 2.25. The zero-order valence-electron chi connectivity index (χ0n) is 10.1. The van der Waals surface area contributed by atoms with Gasteiger partial charge in [-0.1, -0.05) is 0 Å². The van der Waals surface area contributed by atoms with Gasteiger partial charge in [-0.3, -0.25) is 4.79 Å². The van der Waals surface area contributed by atoms with Crippen molar-refractivity contribution in [2.75, 3.05) is 11.5 Å². The molecule has 1 heterocycles. The maximum absolute atomic E-state index is 13.0. The quantitative estimate of drug-likeness (QED) is 0.844. The summed E-state index contributed by atoms with van der Waals surface area (Å²) >= 11 is 0. The van der Waals surface area contributed by atoms with Gasteiger partial charge < -0.3 is 10.4 Å². The summed E-state index contributed by atoms with van der Waals surface area (Å²) in [5, 5.41) is 12.1. The summed E-state index contributed by atoms with van der Waals surface area (Å²) in [6, 6.07) is 2.85. The summed E-state index contributed by atoms with van der Waals surface area (Å²) in [6.45, 7) is 0. The summed E-state index contributed by atoms with van der Waals surface area (Å²) in [4.78, 5) is 11.9. The van der Waals surface area contributed by atoms with Gasteiger partial charge in [0.25, 0.3) is 5.91 Å². The Labute approximate surface area is 110 Å². The van der Waals surface area contributed by atoms with E-state index in [4.69, 9.17) is 0 Å². The number of halogens is 1. The number of hydrogen-bond acceptors (Lipinski definition) is 4. The molecule has 2 N–H and O–H groups in total. The molecule has 1 fully saturated rings. The molecule has 2 rings (SSSR count). The smallest absolute Gasteiger partial charge is 0.255 e. The van der Waals surface area contributed by atoms with Crippen LogP contribution in [0.5, 0.6) is 5.75 Å². The summed E-state index contributed by atoms with van der Waals surface area (Å²) in [5.41, 5.74) is -0.145. The lowest BCUT2D eigenvalue weighted by Gasteiger charge is -2.23. The molecular weight excluding hydrogens is 273 g/mol. The van der Waals surface area contributed by atoms with E-state index in [-0.39, 0.29) is 28.9 Å². The van der Waals surface area contributed by atoms with Gasteiger partial charge in [-0.2, -0.15) is 0 Å². The van der Waals surface area contributed by atoms with E-state index < -0.39 is 21.6 Å². The third kappa shape index (κ3) is 3.44. The number of aromatic hydroxyl groups is 1. The molecule has 0 bridgehead atoms. The number of amides is 1. The highest BCUT2D eigenvalue weighted by molar-refractivity contribution is 7.91. The van der Waals surface area contributed by atoms with E-state index in [2.05, 4.69) is 5.32 Å². The van der Waals surface area contributed by atoms with Gasteiger partial charge in [-0.15, -0.1) is 0 Å². The lowest BCUT2D eigenvalue weighted by molar-refractivity contribution is 0.0931. The third-order valence-corrected chi connectivity index (χ3v) is 4.81. The number of carbonyl (C=O) groups is 1. The molecule has 1 saturated heterocycles. The predicted octanol–water partition coefficient (Wildman–Crippen LogP) is 0.838. The number of benzene rings is 1. The average molecular weight is 287 g/mol. The fourth-order valence-corrected chi connectivity index (χ4v) is 3.48. The Hall–Kier alpha value is -1.63. The van der Waals surface area contributed by atoms with E-state index in [0.717, 1.165) is 18.2 Å². The predicted molar refractivity (Wildman–Crippen MR) is 67.2 cm³/mol. The van der Waals surface area contributed by atoms with E-state index >= 15 is 0 Å². The molecule has 0 saturated carbocycles. The number of carbonyl (C=O) groups excluding carboxylic acids is 1. The minimum Gasteiger partial charge on any atom is -0.507 e. The Kier molecular flexibility index (Phi) is 3.75. The van der Waals surface area contributed by atoms with Crippen LogP contribution in [0.3, 0.4) is 0 Å². The van der Waals surface area contributed by atoms with Crippen molar-refractivity contribution in [2.24, 2.45) is 0 Å². The summed E-state index contributed by atoms with van der Waals surface area (Å²) in [6.07, 6.45) is 0.675. The first kappa shape index (κ1) is 13.8. The Balaban J connectivity index is 2.04. The van der Waals surface area contributed by atoms with Crippen LogP contribution in [0.15, 0.2) is 18.2 Å². The molecule has 5 nitrogen and oxygen atoms in total. The molecule has 19 heavy (non-hydrogen) atoms. The second-order valence-corrected chi connectivity index (χ2v) is 6.86. The Morgan fingerprint density at radius 2 is 1.95 bits per heavy atom. The molecule has 0 atom stereocenters. The van der Waals surface area contributed by atoms with Crippen LogP contribution < -0.4 is 5.32 Å². The fourth-order valence-electron chi connectivity index (χ4n) is 1.99. The topological polar surface area (TPSA) is 83.5 Å². The van der Waals surface area contributed by atoms with Crippen LogP contribution in [-0.4, -0.2) is 37.0 Å². The largest absolute Gasteiger partial charge is 0.507 e. The molecule has 0 aromatic heterocycles. The maximum atomic E-state index is 13.0. The highest BCUT2D eigenvalue weighted by atomic mass is 32.2. The van der Waals surface area contributed by atoms with Gasteiger partial charge in [-0.05, 0) is 31.0 Å². The molecule has 0 spiro atoms. The molecule has 1 aliphatic heterocycles. The third-order valence-electron chi connectivity index (χ3n) is 3.09. The summed E-state index contributed by atoms with van der Waals surface area (Å²) in [5.74, 6) is -1.45. The zero-order valence-corrected chi connectivity index (χ0v) is 10.9. The second-order valence-electron chi connectivity index (χ2n) is 4.56. The standard InChI is InChI=1S/C12H14FNO4S/c13-8-1-2-11(15)10(7-8)12(16)14-9-3-5-19(17,18)6-4-9/h1-2,7,9,15H,3-6H2,(H,14,16). The molecule has 1 aromatic carbocycles. The van der Waals surface area contributed by atoms with Gasteiger partial charge in [0.1, 0.15) is 21.4 Å². The molecule has 104 valence electrons. The number of sulfone groups is 1. The van der Waals surface area contributed by atoms with Gasteiger partial charge >= 0.3 is 0 Å². The van der Waals surface area contributed by atoms with Crippen molar-refractivity contribution in [3.8, 4) is 5.75 Å². The SMILES string of the molecule is O=C(NC1CCS(=O)(=O)CC1)c1cc(F)ccc1O. The van der Waals surface area contributed by atoms with E-state index in [9.17, 15) is 22.7 Å². The molecule has 0 unspecified atom stereocenters. The first-order valence-electron chi connectivity index (χ1n) is 5.87. The van der Waals surface area contributed by atoms with Crippen molar-refractivity contribution in [3.63, 3.8) is 0 Å². The van der Waals surface area contributed by atoms with Gasteiger partial charge in [0.05, 0.1) is 17.1 Å². The lowest BCUT2D eigenvalue weighted by Crippen LogP contribution is -2.40. The summed E-state index contributed by atoms with van der Waals surface area (Å²) < 4.78 is 35.5. The minimum atomic E-state index is -2.99. The maximum Gasteiger partial charge on any atom is 0.255 e. The second kappa shape index (κ2) is 5.16. The van der Waals surface area contributed by atoms with Gasteiger partial charge in [-0.25, -0.2) is 12.8 Å². The molecule has 0 radical (unpaired) electrons. The first-order chi connectivity index (χ1) is 8.87. The number of phenolic OH excluding ortho intramolecular Hbond substituents is 1. The number of phenols is 1. The van der Waals surface area contributed by atoms with Crippen molar-refractivity contribution in [3.05, 3.63) is 29.6 Å². The van der Waals surface area contributed by atoms with Crippen LogP contribution in [0.1, 0.15) is 23.2 Å². The van der Waals surface area contributed by atoms with Crippen molar-refractivity contribution >= 4 is 15.7 Å². The van der Waals surface area contributed by atoms with Gasteiger partial charge in [0.15, 0.2) is 0 Å². The molecule has 1 aliphatic rings. The van der Waals surface area contributed by atoms with Crippen LogP contribution in [-0.2, 0) is 9.84 Å². The van der Waals surface area contributed by atoms with Crippen LogP contribution in [0.4, 0.5) is 4.39 Å². The van der Waals surface area contributed by atoms with E-state index in [1.807, 2.05) is 0 Å². The van der Waals surface area contributed by atoms with Crippen molar-refractivity contribution in [2.45, 2.75) is 18.9 Å². The fraction of sp³-hybridized carbons (Fsp3) is 0.417. The molecule has 0 aliphatic carbocycles. The molecule has 1 aromatic rings. The van der Waals surface area contributed by atoms with E-state index in [0.29, 0.717) is 12.8 Å². The number of hydrogen-bond donors (Lipinski definition) is 2. The van der Waals surface area contributed by atoms with Gasteiger partial charge in [0, 0.05) is 6.04 Å². The lowest BCUT2D eigenvalue weighted by atomic mass is 10.1. The van der Waals surface area contributed by atoms with Gasteiger partial charge in [0.2, 0.25) is 0 Å². The monoisotopic (exact) mass is 287 g/mol. The molecule has 1 amide bonds. The Bertz CT molecular complexity index is 586. The van der Waals surface area contributed by atoms with Crippen molar-refractivity contribution < 1.29 is 22.7 Å². The van der Waals surface area contributed by atoms with Crippen molar-refractivity contribution in [1.29, 1.82) is 0 Å². The normalized spacial score (nSPS) is 19.0. The number of nitrogens with one attached hydrogen (secondary N) is 1. The minimum absolute atomic E-state index is 0.0348. The van der Waals surface area contributed by atoms with Crippen LogP contribution >= 0.6 is 0 Å². The zero-order chi connectivity index (χ0) is 14.0. The molecule has 7 heteroatoms. The van der Waals surface area contributed by atoms with Crippen LogP contribution in [0, 0.1) is 5.82 Å². The number of rotatable bonds is 2. The van der Waals surface area contributed by atoms with Crippen LogP contribution in [0.2, 0.25) is 0 Å². The highest BCUT2D eigenvalue weighted by Crippen LogP contribution is 2.19. The van der Waals surface area contributed by atoms with Crippen molar-refractivity contribution in [1.82, 2.24) is 5.32 Å².